The number of terminal acetylenes is 1. The van der Waals surface area contributed by atoms with Gasteiger partial charge in [0.05, 0.1) is 26.9 Å². The van der Waals surface area contributed by atoms with E-state index in [1.165, 1.54) is 21.3 Å². The smallest absolute Gasteiger partial charge is 0.341 e. The summed E-state index contributed by atoms with van der Waals surface area (Å²) in [5.41, 5.74) is 4.22. The molecule has 5 heteroatoms. The van der Waals surface area contributed by atoms with Crippen molar-refractivity contribution in [1.82, 2.24) is 0 Å². The molecule has 3 aromatic carbocycles. The van der Waals surface area contributed by atoms with Gasteiger partial charge in [-0.2, -0.15) is 0 Å². The molecule has 0 saturated heterocycles. The summed E-state index contributed by atoms with van der Waals surface area (Å²) >= 11 is 0. The number of benzene rings is 3. The number of methoxy groups -OCH3 is 3. The van der Waals surface area contributed by atoms with Gasteiger partial charge in [-0.3, -0.25) is 0 Å². The van der Waals surface area contributed by atoms with E-state index in [2.05, 4.69) is 29.6 Å². The Morgan fingerprint density at radius 3 is 1.74 bits per heavy atom. The summed E-state index contributed by atoms with van der Waals surface area (Å²) in [6.07, 6.45) is 5.61. The summed E-state index contributed by atoms with van der Waals surface area (Å²) in [6, 6.07) is 17.2. The Morgan fingerprint density at radius 2 is 1.18 bits per heavy atom. The van der Waals surface area contributed by atoms with Crippen LogP contribution in [0.15, 0.2) is 60.7 Å². The standard InChI is InChI=1S/C29H20O5/c1-5-20-16-23(8-6-21-10-13-25(14-11-21)28(30)33-3)18-24(17-20)9-7-22-12-15-26(29(31)34-4)27(19-22)32-2/h1,10-19H,2-4H3. The van der Waals surface area contributed by atoms with Gasteiger partial charge < -0.3 is 14.2 Å². The van der Waals surface area contributed by atoms with Crippen molar-refractivity contribution in [3.63, 3.8) is 0 Å². The number of hydrogen-bond acceptors (Lipinski definition) is 5. The van der Waals surface area contributed by atoms with Crippen molar-refractivity contribution in [2.45, 2.75) is 0 Å². The predicted octanol–water partition coefficient (Wildman–Crippen LogP) is 4.05. The van der Waals surface area contributed by atoms with Crippen LogP contribution in [0.4, 0.5) is 0 Å². The summed E-state index contributed by atoms with van der Waals surface area (Å²) in [5, 5.41) is 0. The molecule has 0 amide bonds. The minimum absolute atomic E-state index is 0.321. The van der Waals surface area contributed by atoms with Crippen LogP contribution in [-0.2, 0) is 9.47 Å². The zero-order valence-electron chi connectivity index (χ0n) is 18.9. The molecule has 0 radical (unpaired) electrons. The van der Waals surface area contributed by atoms with Crippen molar-refractivity contribution in [1.29, 1.82) is 0 Å². The van der Waals surface area contributed by atoms with Crippen molar-refractivity contribution in [2.75, 3.05) is 21.3 Å². The molecule has 0 aliphatic heterocycles. The summed E-state index contributed by atoms with van der Waals surface area (Å²) in [7, 11) is 4.12. The van der Waals surface area contributed by atoms with Crippen LogP contribution in [0.2, 0.25) is 0 Å². The lowest BCUT2D eigenvalue weighted by Crippen LogP contribution is -2.04. The first-order valence-electron chi connectivity index (χ1n) is 10.1. The Hall–Kier alpha value is -4.92. The van der Waals surface area contributed by atoms with Gasteiger partial charge in [0, 0.05) is 27.8 Å². The molecule has 0 N–H and O–H groups in total. The van der Waals surface area contributed by atoms with Gasteiger partial charge in [-0.25, -0.2) is 9.59 Å². The van der Waals surface area contributed by atoms with Crippen LogP contribution < -0.4 is 4.74 Å². The van der Waals surface area contributed by atoms with Crippen LogP contribution in [0.3, 0.4) is 0 Å². The molecule has 0 saturated carbocycles. The molecule has 166 valence electrons. The van der Waals surface area contributed by atoms with Crippen molar-refractivity contribution in [3.8, 4) is 41.8 Å². The highest BCUT2D eigenvalue weighted by Crippen LogP contribution is 2.21. The Bertz CT molecular complexity index is 1400. The van der Waals surface area contributed by atoms with E-state index in [4.69, 9.17) is 20.6 Å². The Kier molecular flexibility index (Phi) is 7.75. The second-order valence-corrected chi connectivity index (χ2v) is 6.92. The molecular weight excluding hydrogens is 428 g/mol. The lowest BCUT2D eigenvalue weighted by atomic mass is 10.0. The molecule has 34 heavy (non-hydrogen) atoms. The van der Waals surface area contributed by atoms with Crippen LogP contribution in [0, 0.1) is 36.0 Å². The molecule has 0 bridgehead atoms. The summed E-state index contributed by atoms with van der Waals surface area (Å²) in [6.45, 7) is 0. The van der Waals surface area contributed by atoms with Crippen molar-refractivity contribution < 1.29 is 23.8 Å². The van der Waals surface area contributed by atoms with Gasteiger partial charge in [-0.1, -0.05) is 29.6 Å². The molecule has 0 aliphatic carbocycles. The normalized spacial score (nSPS) is 9.35. The molecule has 0 aromatic heterocycles. The summed E-state index contributed by atoms with van der Waals surface area (Å²) < 4.78 is 14.7. The minimum Gasteiger partial charge on any atom is -0.496 e. The lowest BCUT2D eigenvalue weighted by molar-refractivity contribution is 0.0589. The monoisotopic (exact) mass is 448 g/mol. The third-order valence-corrected chi connectivity index (χ3v) is 4.71. The topological polar surface area (TPSA) is 61.8 Å². The van der Waals surface area contributed by atoms with Gasteiger partial charge in [-0.05, 0) is 60.7 Å². The van der Waals surface area contributed by atoms with E-state index in [9.17, 15) is 9.59 Å². The largest absolute Gasteiger partial charge is 0.496 e. The fourth-order valence-corrected chi connectivity index (χ4v) is 3.00. The first kappa shape index (κ1) is 23.7. The fourth-order valence-electron chi connectivity index (χ4n) is 3.00. The number of carbonyl (C=O) groups excluding carboxylic acids is 2. The molecule has 0 fully saturated rings. The summed E-state index contributed by atoms with van der Waals surface area (Å²) in [4.78, 5) is 23.4. The zero-order valence-corrected chi connectivity index (χ0v) is 18.9. The van der Waals surface area contributed by atoms with Crippen LogP contribution in [-0.4, -0.2) is 33.3 Å². The van der Waals surface area contributed by atoms with Gasteiger partial charge >= 0.3 is 11.9 Å². The van der Waals surface area contributed by atoms with Gasteiger partial charge in [0.2, 0.25) is 0 Å². The van der Waals surface area contributed by atoms with Gasteiger partial charge in [0.15, 0.2) is 0 Å². The van der Waals surface area contributed by atoms with Crippen molar-refractivity contribution in [2.24, 2.45) is 0 Å². The summed E-state index contributed by atoms with van der Waals surface area (Å²) in [5.74, 6) is 14.4. The Labute approximate surface area is 198 Å². The Balaban J connectivity index is 1.89. The number of rotatable bonds is 3. The maximum absolute atomic E-state index is 11.8. The lowest BCUT2D eigenvalue weighted by Gasteiger charge is -2.06. The minimum atomic E-state index is -0.485. The molecule has 5 nitrogen and oxygen atoms in total. The van der Waals surface area contributed by atoms with Gasteiger partial charge in [0.1, 0.15) is 11.3 Å². The van der Waals surface area contributed by atoms with E-state index in [1.54, 1.807) is 54.6 Å². The van der Waals surface area contributed by atoms with E-state index in [1.807, 2.05) is 6.07 Å². The molecule has 0 heterocycles. The highest BCUT2D eigenvalue weighted by molar-refractivity contribution is 5.92. The van der Waals surface area contributed by atoms with E-state index >= 15 is 0 Å². The van der Waals surface area contributed by atoms with Gasteiger partial charge in [0.25, 0.3) is 0 Å². The number of hydrogen-bond donors (Lipinski definition) is 0. The third kappa shape index (κ3) is 5.86. The Morgan fingerprint density at radius 1 is 0.647 bits per heavy atom. The quantitative estimate of drug-likeness (QED) is 0.447. The van der Waals surface area contributed by atoms with Crippen LogP contribution in [0.5, 0.6) is 5.75 Å². The highest BCUT2D eigenvalue weighted by atomic mass is 16.5. The number of carbonyl (C=O) groups is 2. The van der Waals surface area contributed by atoms with Crippen LogP contribution in [0.25, 0.3) is 0 Å². The maximum atomic E-state index is 11.8. The first-order valence-corrected chi connectivity index (χ1v) is 10.1. The highest BCUT2D eigenvalue weighted by Gasteiger charge is 2.12. The number of ether oxygens (including phenoxy) is 3. The second kappa shape index (κ2) is 11.1. The average Bonchev–Trinajstić information content (AvgIpc) is 2.89. The average molecular weight is 448 g/mol. The van der Waals surface area contributed by atoms with E-state index in [0.717, 1.165) is 5.56 Å². The maximum Gasteiger partial charge on any atom is 0.341 e. The van der Waals surface area contributed by atoms with Gasteiger partial charge in [-0.15, -0.1) is 6.42 Å². The van der Waals surface area contributed by atoms with E-state index < -0.39 is 11.9 Å². The second-order valence-electron chi connectivity index (χ2n) is 6.92. The van der Waals surface area contributed by atoms with Crippen molar-refractivity contribution >= 4 is 11.9 Å². The molecule has 0 aliphatic rings. The third-order valence-electron chi connectivity index (χ3n) is 4.71. The van der Waals surface area contributed by atoms with Crippen molar-refractivity contribution in [3.05, 3.63) is 99.6 Å². The molecule has 0 unspecified atom stereocenters. The molecule has 0 spiro atoms. The number of esters is 2. The first-order chi connectivity index (χ1) is 16.5. The van der Waals surface area contributed by atoms with Crippen LogP contribution in [0.1, 0.15) is 48.5 Å². The molecular formula is C29H20O5. The molecule has 0 atom stereocenters. The predicted molar refractivity (Wildman–Crippen MR) is 128 cm³/mol. The molecule has 3 rings (SSSR count). The van der Waals surface area contributed by atoms with Crippen LogP contribution >= 0.6 is 0 Å². The zero-order chi connectivity index (χ0) is 24.5. The molecule has 3 aromatic rings. The SMILES string of the molecule is C#Cc1cc(C#Cc2ccc(C(=O)OC)cc2)cc(C#Cc2ccc(C(=O)OC)c(OC)c2)c1. The van der Waals surface area contributed by atoms with E-state index in [0.29, 0.717) is 39.1 Å². The fraction of sp³-hybridized carbons (Fsp3) is 0.103. The van der Waals surface area contributed by atoms with E-state index in [-0.39, 0.29) is 0 Å².